The molecular weight excluding hydrogens is 352 g/mol. The number of nitrogens with zero attached hydrogens (tertiary/aromatic N) is 2. The van der Waals surface area contributed by atoms with Gasteiger partial charge in [0.1, 0.15) is 0 Å². The number of Topliss-reactive ketones (excluding diaryl/α,β-unsaturated/α-hetero) is 1. The van der Waals surface area contributed by atoms with E-state index in [1.165, 1.54) is 16.4 Å². The van der Waals surface area contributed by atoms with Crippen LogP contribution in [0.1, 0.15) is 16.1 Å². The summed E-state index contributed by atoms with van der Waals surface area (Å²) in [6.45, 7) is 1.96. The summed E-state index contributed by atoms with van der Waals surface area (Å²) >= 11 is 1.24. The number of para-hydroxylation sites is 2. The molecule has 8 heteroatoms. The van der Waals surface area contributed by atoms with Gasteiger partial charge in [0.25, 0.3) is 0 Å². The number of thioether (sulfide) groups is 1. The van der Waals surface area contributed by atoms with Gasteiger partial charge in [-0.25, -0.2) is 9.78 Å². The van der Waals surface area contributed by atoms with E-state index in [0.717, 1.165) is 16.6 Å². The van der Waals surface area contributed by atoms with Gasteiger partial charge in [-0.2, -0.15) is 0 Å². The second kappa shape index (κ2) is 6.64. The van der Waals surface area contributed by atoms with Crippen LogP contribution in [0.5, 0.6) is 0 Å². The quantitative estimate of drug-likeness (QED) is 0.321. The van der Waals surface area contributed by atoms with E-state index in [-0.39, 0.29) is 17.2 Å². The Morgan fingerprint density at radius 2 is 1.96 bits per heavy atom. The van der Waals surface area contributed by atoms with Crippen molar-refractivity contribution in [2.75, 3.05) is 5.75 Å². The van der Waals surface area contributed by atoms with E-state index in [1.807, 2.05) is 55.5 Å². The Labute approximate surface area is 152 Å². The average Bonchev–Trinajstić information content (AvgIpc) is 3.23. The standard InChI is InChI=1S/C18H14N4O3S/c1-11-6-8-12(9-7-11)22-16(17(24)25-21-22)15(23)10-26-18-19-13-4-2-3-5-14(13)20-18/h2-9H,10H2,1H3,(H-,19,20,21,23,24)/p+1. The Kier molecular flexibility index (Phi) is 4.18. The van der Waals surface area contributed by atoms with E-state index in [0.29, 0.717) is 10.8 Å². The normalized spacial score (nSPS) is 11.1. The monoisotopic (exact) mass is 367 g/mol. The molecule has 4 aromatic rings. The van der Waals surface area contributed by atoms with Crippen LogP contribution < -0.4 is 10.3 Å². The van der Waals surface area contributed by atoms with Crippen molar-refractivity contribution in [2.24, 2.45) is 0 Å². The number of ketones is 1. The predicted molar refractivity (Wildman–Crippen MR) is 96.7 cm³/mol. The van der Waals surface area contributed by atoms with Crippen molar-refractivity contribution in [3.63, 3.8) is 0 Å². The van der Waals surface area contributed by atoms with Crippen LogP contribution >= 0.6 is 11.8 Å². The molecule has 0 fully saturated rings. The van der Waals surface area contributed by atoms with Crippen molar-refractivity contribution >= 4 is 28.6 Å². The largest absolute Gasteiger partial charge is 0.438 e. The van der Waals surface area contributed by atoms with E-state index in [4.69, 9.17) is 4.52 Å². The maximum absolute atomic E-state index is 12.6. The highest BCUT2D eigenvalue weighted by Crippen LogP contribution is 2.19. The lowest BCUT2D eigenvalue weighted by atomic mass is 10.2. The molecule has 4 rings (SSSR count). The summed E-state index contributed by atoms with van der Waals surface area (Å²) in [6, 6.07) is 15.0. The van der Waals surface area contributed by atoms with Gasteiger partial charge in [0.2, 0.25) is 11.5 Å². The Morgan fingerprint density at radius 1 is 1.19 bits per heavy atom. The van der Waals surface area contributed by atoms with Crippen LogP contribution in [0.25, 0.3) is 16.7 Å². The number of fused-ring (bicyclic) bond motifs is 1. The third-order valence-corrected chi connectivity index (χ3v) is 4.78. The molecule has 2 aromatic heterocycles. The Morgan fingerprint density at radius 3 is 2.73 bits per heavy atom. The number of hydrogen-bond donors (Lipinski definition) is 2. The number of aryl methyl sites for hydroxylation is 1. The number of aromatic nitrogens is 4. The predicted octanol–water partition coefficient (Wildman–Crippen LogP) is 2.40. The second-order valence-corrected chi connectivity index (χ2v) is 6.74. The van der Waals surface area contributed by atoms with Crippen LogP contribution in [0.4, 0.5) is 0 Å². The van der Waals surface area contributed by atoms with Gasteiger partial charge >= 0.3 is 11.3 Å². The number of rotatable bonds is 5. The Balaban J connectivity index is 1.57. The van der Waals surface area contributed by atoms with Crippen molar-refractivity contribution in [1.82, 2.24) is 15.2 Å². The minimum absolute atomic E-state index is 0.0440. The lowest BCUT2D eigenvalue weighted by molar-refractivity contribution is -0.672. The van der Waals surface area contributed by atoms with Gasteiger partial charge < -0.3 is 4.98 Å². The molecule has 130 valence electrons. The van der Waals surface area contributed by atoms with Crippen LogP contribution in [0.3, 0.4) is 0 Å². The van der Waals surface area contributed by atoms with Gasteiger partial charge in [-0.05, 0) is 29.0 Å². The third-order valence-electron chi connectivity index (χ3n) is 3.91. The molecule has 0 amide bonds. The molecule has 0 saturated heterocycles. The van der Waals surface area contributed by atoms with Gasteiger partial charge in [-0.15, -0.1) is 0 Å². The molecule has 0 radical (unpaired) electrons. The van der Waals surface area contributed by atoms with Gasteiger partial charge in [0.05, 0.1) is 16.8 Å². The molecule has 0 aliphatic heterocycles. The number of carbonyl (C=O) groups is 1. The number of hydrogen-bond acceptors (Lipinski definition) is 5. The molecule has 0 aliphatic carbocycles. The summed E-state index contributed by atoms with van der Waals surface area (Å²) in [7, 11) is 0. The Bertz CT molecular complexity index is 1110. The first-order chi connectivity index (χ1) is 12.6. The average molecular weight is 367 g/mol. The first-order valence-corrected chi connectivity index (χ1v) is 8.92. The minimum Gasteiger partial charge on any atom is -0.333 e. The summed E-state index contributed by atoms with van der Waals surface area (Å²) in [5, 5.41) is 3.11. The zero-order chi connectivity index (χ0) is 18.1. The molecule has 26 heavy (non-hydrogen) atoms. The minimum atomic E-state index is -0.694. The first kappa shape index (κ1) is 16.3. The van der Waals surface area contributed by atoms with Crippen molar-refractivity contribution in [2.45, 2.75) is 12.1 Å². The Hall–Kier alpha value is -3.13. The van der Waals surface area contributed by atoms with Crippen LogP contribution in [0.15, 0.2) is 63.0 Å². The smallest absolute Gasteiger partial charge is 0.333 e. The van der Waals surface area contributed by atoms with Gasteiger partial charge in [-0.3, -0.25) is 9.32 Å². The molecule has 0 spiro atoms. The van der Waals surface area contributed by atoms with E-state index < -0.39 is 5.63 Å². The highest BCUT2D eigenvalue weighted by Gasteiger charge is 2.30. The van der Waals surface area contributed by atoms with E-state index in [9.17, 15) is 9.59 Å². The zero-order valence-electron chi connectivity index (χ0n) is 13.9. The highest BCUT2D eigenvalue weighted by atomic mass is 32.2. The number of imidazole rings is 1. The number of nitrogens with one attached hydrogen (secondary N) is 2. The number of carbonyl (C=O) groups excluding carboxylic acids is 1. The molecule has 2 heterocycles. The zero-order valence-corrected chi connectivity index (χ0v) is 14.7. The van der Waals surface area contributed by atoms with Crippen molar-refractivity contribution in [3.8, 4) is 5.69 Å². The van der Waals surface area contributed by atoms with Gasteiger partial charge in [-0.1, -0.05) is 41.6 Å². The maximum Gasteiger partial charge on any atom is 0.438 e. The molecule has 2 N–H and O–H groups in total. The molecule has 0 atom stereocenters. The lowest BCUT2D eigenvalue weighted by Crippen LogP contribution is -2.41. The van der Waals surface area contributed by atoms with E-state index >= 15 is 0 Å². The van der Waals surface area contributed by atoms with Crippen LogP contribution in [-0.4, -0.2) is 26.8 Å². The van der Waals surface area contributed by atoms with Gasteiger partial charge in [0, 0.05) is 12.1 Å². The van der Waals surface area contributed by atoms with Crippen LogP contribution in [0, 0.1) is 6.92 Å². The van der Waals surface area contributed by atoms with E-state index in [2.05, 4.69) is 15.2 Å². The number of benzene rings is 2. The number of aromatic amines is 2. The fourth-order valence-corrected chi connectivity index (χ4v) is 3.34. The summed E-state index contributed by atoms with van der Waals surface area (Å²) in [6.07, 6.45) is 0. The van der Waals surface area contributed by atoms with Crippen LogP contribution in [0.2, 0.25) is 0 Å². The first-order valence-electron chi connectivity index (χ1n) is 7.93. The topological polar surface area (TPSA) is 95.6 Å². The summed E-state index contributed by atoms with van der Waals surface area (Å²) < 4.78 is 6.19. The fraction of sp³-hybridized carbons (Fsp3) is 0.111. The summed E-state index contributed by atoms with van der Waals surface area (Å²) in [5.74, 6) is -0.278. The van der Waals surface area contributed by atoms with Crippen LogP contribution in [-0.2, 0) is 0 Å². The van der Waals surface area contributed by atoms with Crippen molar-refractivity contribution < 1.29 is 14.0 Å². The van der Waals surface area contributed by atoms with E-state index in [1.54, 1.807) is 0 Å². The van der Waals surface area contributed by atoms with Crippen molar-refractivity contribution in [3.05, 3.63) is 70.2 Å². The molecular formula is C18H15N4O3S+. The fourth-order valence-electron chi connectivity index (χ4n) is 2.59. The summed E-state index contributed by atoms with van der Waals surface area (Å²) in [4.78, 5) is 32.2. The van der Waals surface area contributed by atoms with Crippen molar-refractivity contribution in [1.29, 1.82) is 0 Å². The second-order valence-electron chi connectivity index (χ2n) is 5.77. The summed E-state index contributed by atoms with van der Waals surface area (Å²) in [5.41, 5.74) is 2.72. The van der Waals surface area contributed by atoms with Gasteiger partial charge in [0.15, 0.2) is 5.16 Å². The molecule has 7 nitrogen and oxygen atoms in total. The molecule has 0 aliphatic rings. The molecule has 0 unspecified atom stereocenters. The SMILES string of the molecule is Cc1ccc(-[n+]2[nH]oc(=O)c2C(=O)CSc2nc3ccccc3[nH]2)cc1. The molecule has 2 aromatic carbocycles. The number of H-pyrrole nitrogens is 2. The lowest BCUT2D eigenvalue weighted by Gasteiger charge is -1.95. The third kappa shape index (κ3) is 3.06. The molecule has 0 saturated carbocycles. The highest BCUT2D eigenvalue weighted by molar-refractivity contribution is 7.99. The maximum atomic E-state index is 12.6. The molecule has 0 bridgehead atoms.